The van der Waals surface area contributed by atoms with Crippen molar-refractivity contribution in [3.8, 4) is 11.5 Å². The molecule has 0 bridgehead atoms. The minimum atomic E-state index is -0.437. The van der Waals surface area contributed by atoms with Gasteiger partial charge in [-0.15, -0.1) is 0 Å². The molecule has 2 aromatic rings. The van der Waals surface area contributed by atoms with E-state index in [9.17, 15) is 5.11 Å². The number of benzene rings is 2. The van der Waals surface area contributed by atoms with Crippen LogP contribution in [-0.4, -0.2) is 5.11 Å². The molecule has 100 valence electrons. The molecule has 1 N–H and O–H groups in total. The van der Waals surface area contributed by atoms with E-state index in [4.69, 9.17) is 27.9 Å². The van der Waals surface area contributed by atoms with Gasteiger partial charge < -0.3 is 9.84 Å². The summed E-state index contributed by atoms with van der Waals surface area (Å²) in [4.78, 5) is 0. The van der Waals surface area contributed by atoms with E-state index in [0.29, 0.717) is 28.0 Å². The predicted molar refractivity (Wildman–Crippen MR) is 78.2 cm³/mol. The highest BCUT2D eigenvalue weighted by atomic mass is 35.5. The van der Waals surface area contributed by atoms with Gasteiger partial charge >= 0.3 is 0 Å². The molecule has 0 aliphatic rings. The number of halogens is 2. The maximum atomic E-state index is 9.71. The van der Waals surface area contributed by atoms with Crippen LogP contribution >= 0.6 is 23.2 Å². The number of hydrogen-bond acceptors (Lipinski definition) is 2. The molecule has 1 atom stereocenters. The zero-order chi connectivity index (χ0) is 13.8. The van der Waals surface area contributed by atoms with Gasteiger partial charge in [-0.25, -0.2) is 0 Å². The lowest BCUT2D eigenvalue weighted by molar-refractivity contribution is 0.173. The molecule has 0 fully saturated rings. The zero-order valence-electron chi connectivity index (χ0n) is 10.4. The van der Waals surface area contributed by atoms with Gasteiger partial charge in [0.2, 0.25) is 0 Å². The van der Waals surface area contributed by atoms with Crippen LogP contribution in [0.4, 0.5) is 0 Å². The van der Waals surface area contributed by atoms with Crippen molar-refractivity contribution in [2.45, 2.75) is 19.4 Å². The summed E-state index contributed by atoms with van der Waals surface area (Å²) in [5.74, 6) is 1.21. The summed E-state index contributed by atoms with van der Waals surface area (Å²) in [6.45, 7) is 1.93. The Balaban J connectivity index is 2.15. The van der Waals surface area contributed by atoms with Crippen molar-refractivity contribution >= 4 is 23.2 Å². The summed E-state index contributed by atoms with van der Waals surface area (Å²) in [6.07, 6.45) is 0.247. The van der Waals surface area contributed by atoms with Crippen molar-refractivity contribution in [2.75, 3.05) is 0 Å². The molecule has 0 aromatic heterocycles. The zero-order valence-corrected chi connectivity index (χ0v) is 11.9. The van der Waals surface area contributed by atoms with Crippen LogP contribution < -0.4 is 4.74 Å². The third-order valence-electron chi connectivity index (χ3n) is 2.77. The van der Waals surface area contributed by atoms with E-state index in [2.05, 4.69) is 0 Å². The number of ether oxygens (including phenoxy) is 1. The lowest BCUT2D eigenvalue weighted by Gasteiger charge is -2.10. The minimum Gasteiger partial charge on any atom is -0.456 e. The maximum Gasteiger partial charge on any atom is 0.146 e. The Labute approximate surface area is 122 Å². The van der Waals surface area contributed by atoms with Crippen LogP contribution in [0.15, 0.2) is 42.5 Å². The van der Waals surface area contributed by atoms with Gasteiger partial charge in [0.15, 0.2) is 0 Å². The SMILES string of the molecule is CCC(O)c1ccc(Oc2ccc(Cl)cc2Cl)cc1. The molecule has 2 rings (SSSR count). The van der Waals surface area contributed by atoms with Crippen LogP contribution in [0.5, 0.6) is 11.5 Å². The van der Waals surface area contributed by atoms with Crippen molar-refractivity contribution in [2.24, 2.45) is 0 Å². The summed E-state index contributed by atoms with van der Waals surface area (Å²) in [6, 6.07) is 12.4. The first-order valence-electron chi connectivity index (χ1n) is 6.01. The van der Waals surface area contributed by atoms with Crippen LogP contribution in [0.3, 0.4) is 0 Å². The summed E-state index contributed by atoms with van der Waals surface area (Å²) in [5.41, 5.74) is 0.872. The van der Waals surface area contributed by atoms with Gasteiger partial charge in [-0.3, -0.25) is 0 Å². The molecule has 0 heterocycles. The Morgan fingerprint density at radius 1 is 1.11 bits per heavy atom. The van der Waals surface area contributed by atoms with E-state index < -0.39 is 6.10 Å². The fourth-order valence-corrected chi connectivity index (χ4v) is 2.13. The van der Waals surface area contributed by atoms with E-state index in [1.54, 1.807) is 30.3 Å². The molecule has 2 nitrogen and oxygen atoms in total. The fourth-order valence-electron chi connectivity index (χ4n) is 1.68. The molecule has 0 radical (unpaired) electrons. The maximum absolute atomic E-state index is 9.71. The van der Waals surface area contributed by atoms with Crippen LogP contribution in [0, 0.1) is 0 Å². The molecular formula is C15H14Cl2O2. The Morgan fingerprint density at radius 3 is 2.37 bits per heavy atom. The van der Waals surface area contributed by atoms with Gasteiger partial charge in [-0.05, 0) is 42.3 Å². The first kappa shape index (κ1) is 14.2. The highest BCUT2D eigenvalue weighted by Gasteiger charge is 2.06. The van der Waals surface area contributed by atoms with Crippen molar-refractivity contribution in [3.05, 3.63) is 58.1 Å². The van der Waals surface area contributed by atoms with E-state index in [1.165, 1.54) is 0 Å². The van der Waals surface area contributed by atoms with Crippen LogP contribution in [-0.2, 0) is 0 Å². The third kappa shape index (κ3) is 3.63. The number of aliphatic hydroxyl groups is 1. The average molecular weight is 297 g/mol. The van der Waals surface area contributed by atoms with Gasteiger partial charge in [0.25, 0.3) is 0 Å². The second-order valence-corrected chi connectivity index (χ2v) is 5.01. The largest absolute Gasteiger partial charge is 0.456 e. The lowest BCUT2D eigenvalue weighted by Crippen LogP contribution is -1.94. The number of hydrogen-bond donors (Lipinski definition) is 1. The lowest BCUT2D eigenvalue weighted by atomic mass is 10.1. The van der Waals surface area contributed by atoms with Gasteiger partial charge in [-0.1, -0.05) is 42.3 Å². The molecular weight excluding hydrogens is 283 g/mol. The molecule has 0 saturated heterocycles. The smallest absolute Gasteiger partial charge is 0.146 e. The molecule has 0 aliphatic heterocycles. The van der Waals surface area contributed by atoms with Crippen molar-refractivity contribution in [3.63, 3.8) is 0 Å². The van der Waals surface area contributed by atoms with E-state index in [0.717, 1.165) is 5.56 Å². The van der Waals surface area contributed by atoms with Crippen molar-refractivity contribution in [1.29, 1.82) is 0 Å². The minimum absolute atomic E-state index is 0.437. The Bertz CT molecular complexity index is 553. The topological polar surface area (TPSA) is 29.5 Å². The molecule has 2 aromatic carbocycles. The van der Waals surface area contributed by atoms with Gasteiger partial charge in [-0.2, -0.15) is 0 Å². The second kappa shape index (κ2) is 6.29. The van der Waals surface area contributed by atoms with Gasteiger partial charge in [0.1, 0.15) is 11.5 Å². The van der Waals surface area contributed by atoms with Crippen LogP contribution in [0.2, 0.25) is 10.0 Å². The number of aliphatic hydroxyl groups excluding tert-OH is 1. The monoisotopic (exact) mass is 296 g/mol. The first-order valence-corrected chi connectivity index (χ1v) is 6.76. The molecule has 0 saturated carbocycles. The second-order valence-electron chi connectivity index (χ2n) is 4.17. The molecule has 0 aliphatic carbocycles. The first-order chi connectivity index (χ1) is 9.10. The predicted octanol–water partition coefficient (Wildman–Crippen LogP) is 5.23. The normalized spacial score (nSPS) is 12.2. The third-order valence-corrected chi connectivity index (χ3v) is 3.30. The average Bonchev–Trinajstić information content (AvgIpc) is 2.42. The van der Waals surface area contributed by atoms with Crippen molar-refractivity contribution < 1.29 is 9.84 Å². The molecule has 19 heavy (non-hydrogen) atoms. The Hall–Kier alpha value is -1.22. The van der Waals surface area contributed by atoms with E-state index in [-0.39, 0.29) is 0 Å². The van der Waals surface area contributed by atoms with E-state index in [1.807, 2.05) is 19.1 Å². The molecule has 1 unspecified atom stereocenters. The summed E-state index contributed by atoms with van der Waals surface area (Å²) >= 11 is 11.9. The Kier molecular flexibility index (Phi) is 4.70. The number of rotatable bonds is 4. The summed E-state index contributed by atoms with van der Waals surface area (Å²) in [7, 11) is 0. The van der Waals surface area contributed by atoms with Gasteiger partial charge in [0, 0.05) is 5.02 Å². The van der Waals surface area contributed by atoms with E-state index >= 15 is 0 Å². The summed E-state index contributed by atoms with van der Waals surface area (Å²) < 4.78 is 5.66. The summed E-state index contributed by atoms with van der Waals surface area (Å²) in [5, 5.41) is 10.7. The standard InChI is InChI=1S/C15H14Cl2O2/c1-2-14(18)10-3-6-12(7-4-10)19-15-8-5-11(16)9-13(15)17/h3-9,14,18H,2H2,1H3. The quantitative estimate of drug-likeness (QED) is 0.837. The van der Waals surface area contributed by atoms with Gasteiger partial charge in [0.05, 0.1) is 11.1 Å². The molecule has 0 amide bonds. The van der Waals surface area contributed by atoms with Crippen LogP contribution in [0.1, 0.15) is 25.0 Å². The van der Waals surface area contributed by atoms with Crippen molar-refractivity contribution in [1.82, 2.24) is 0 Å². The van der Waals surface area contributed by atoms with Crippen LogP contribution in [0.25, 0.3) is 0 Å². The molecule has 4 heteroatoms. The molecule has 0 spiro atoms. The fraction of sp³-hybridized carbons (Fsp3) is 0.200. The Morgan fingerprint density at radius 2 is 1.79 bits per heavy atom. The highest BCUT2D eigenvalue weighted by molar-refractivity contribution is 6.35. The highest BCUT2D eigenvalue weighted by Crippen LogP contribution is 2.32.